The fourth-order valence-corrected chi connectivity index (χ4v) is 5.40. The van der Waals surface area contributed by atoms with Crippen molar-refractivity contribution in [3.8, 4) is 17.2 Å². The molecule has 2 aromatic carbocycles. The Kier molecular flexibility index (Phi) is 9.03. The average molecular weight is 453 g/mol. The number of benzene rings is 2. The largest absolute Gasteiger partial charge is 0.493 e. The van der Waals surface area contributed by atoms with Crippen molar-refractivity contribution >= 4 is 24.9 Å². The normalized spacial score (nSPS) is 12.5. The van der Waals surface area contributed by atoms with Crippen LogP contribution in [0.15, 0.2) is 30.3 Å². The van der Waals surface area contributed by atoms with Crippen LogP contribution in [0, 0.1) is 0 Å². The van der Waals surface area contributed by atoms with Crippen LogP contribution in [0.3, 0.4) is 0 Å². The Bertz CT molecular complexity index is 810. The molecular formula is C23H33ClO5Si. The van der Waals surface area contributed by atoms with Crippen molar-refractivity contribution in [3.05, 3.63) is 46.5 Å². The van der Waals surface area contributed by atoms with Gasteiger partial charge in [-0.05, 0) is 48.2 Å². The highest BCUT2D eigenvalue weighted by Gasteiger charge is 2.25. The number of aryl methyl sites for hydroxylation is 1. The standard InChI is InChI=1S/C23H33ClO5Si/c1-25-15-29-19(18-14-17(24)9-11-22(18)30(5,6)7)10-8-16-12-20(26-2)23(28-4)21(13-16)27-3/h9,11-14,19H,8,10,15H2,1-7H3. The molecule has 30 heavy (non-hydrogen) atoms. The molecule has 7 heteroatoms. The number of rotatable bonds is 11. The number of methoxy groups -OCH3 is 4. The van der Waals surface area contributed by atoms with Gasteiger partial charge in [0.05, 0.1) is 35.5 Å². The summed E-state index contributed by atoms with van der Waals surface area (Å²) in [6, 6.07) is 10.1. The summed E-state index contributed by atoms with van der Waals surface area (Å²) in [5.74, 6) is 1.88. The zero-order chi connectivity index (χ0) is 22.3. The molecule has 0 aliphatic carbocycles. The first-order valence-electron chi connectivity index (χ1n) is 9.94. The predicted octanol–water partition coefficient (Wildman–Crippen LogP) is 5.21. The van der Waals surface area contributed by atoms with Gasteiger partial charge in [-0.25, -0.2) is 0 Å². The van der Waals surface area contributed by atoms with Gasteiger partial charge in [0, 0.05) is 12.1 Å². The molecular weight excluding hydrogens is 420 g/mol. The number of hydrogen-bond donors (Lipinski definition) is 0. The van der Waals surface area contributed by atoms with Gasteiger partial charge in [0.2, 0.25) is 5.75 Å². The first-order chi connectivity index (χ1) is 14.2. The van der Waals surface area contributed by atoms with Crippen LogP contribution in [-0.4, -0.2) is 43.3 Å². The van der Waals surface area contributed by atoms with E-state index in [0.717, 1.165) is 24.0 Å². The minimum absolute atomic E-state index is 0.135. The van der Waals surface area contributed by atoms with Crippen molar-refractivity contribution in [2.24, 2.45) is 0 Å². The van der Waals surface area contributed by atoms with Crippen molar-refractivity contribution in [1.82, 2.24) is 0 Å². The second kappa shape index (κ2) is 11.0. The molecule has 5 nitrogen and oxygen atoms in total. The first-order valence-corrected chi connectivity index (χ1v) is 13.8. The van der Waals surface area contributed by atoms with Gasteiger partial charge in [-0.1, -0.05) is 42.5 Å². The highest BCUT2D eigenvalue weighted by atomic mass is 35.5. The molecule has 0 N–H and O–H groups in total. The smallest absolute Gasteiger partial charge is 0.203 e. The lowest BCUT2D eigenvalue weighted by molar-refractivity contribution is -0.0754. The zero-order valence-corrected chi connectivity index (χ0v) is 20.8. The van der Waals surface area contributed by atoms with Gasteiger partial charge >= 0.3 is 0 Å². The van der Waals surface area contributed by atoms with Crippen molar-refractivity contribution < 1.29 is 23.7 Å². The highest BCUT2D eigenvalue weighted by molar-refractivity contribution is 6.89. The van der Waals surface area contributed by atoms with Crippen LogP contribution in [0.5, 0.6) is 17.2 Å². The van der Waals surface area contributed by atoms with E-state index in [1.54, 1.807) is 28.4 Å². The van der Waals surface area contributed by atoms with E-state index < -0.39 is 8.07 Å². The topological polar surface area (TPSA) is 46.2 Å². The SMILES string of the molecule is COCOC(CCc1cc(OC)c(OC)c(OC)c1)c1cc(Cl)ccc1[Si](C)(C)C. The van der Waals surface area contributed by atoms with Crippen LogP contribution in [0.1, 0.15) is 23.7 Å². The van der Waals surface area contributed by atoms with Crippen LogP contribution < -0.4 is 19.4 Å². The van der Waals surface area contributed by atoms with Crippen LogP contribution in [-0.2, 0) is 15.9 Å². The van der Waals surface area contributed by atoms with Gasteiger partial charge < -0.3 is 23.7 Å². The quantitative estimate of drug-likeness (QED) is 0.346. The Hall–Kier alpha value is -1.73. The van der Waals surface area contributed by atoms with E-state index in [9.17, 15) is 0 Å². The molecule has 0 spiro atoms. The number of ether oxygens (including phenoxy) is 5. The van der Waals surface area contributed by atoms with Gasteiger partial charge in [-0.3, -0.25) is 0 Å². The van der Waals surface area contributed by atoms with Crippen LogP contribution in [0.25, 0.3) is 0 Å². The Labute approximate surface area is 186 Å². The van der Waals surface area contributed by atoms with E-state index in [4.69, 9.17) is 35.3 Å². The molecule has 0 aromatic heterocycles. The maximum atomic E-state index is 6.36. The molecule has 0 saturated carbocycles. The molecule has 1 unspecified atom stereocenters. The highest BCUT2D eigenvalue weighted by Crippen LogP contribution is 2.39. The molecule has 2 rings (SSSR count). The van der Waals surface area contributed by atoms with Gasteiger partial charge in [-0.2, -0.15) is 0 Å². The van der Waals surface area contributed by atoms with E-state index in [1.165, 1.54) is 5.19 Å². The van der Waals surface area contributed by atoms with E-state index in [1.807, 2.05) is 24.3 Å². The predicted molar refractivity (Wildman–Crippen MR) is 125 cm³/mol. The minimum Gasteiger partial charge on any atom is -0.493 e. The van der Waals surface area contributed by atoms with E-state index in [-0.39, 0.29) is 12.9 Å². The zero-order valence-electron chi connectivity index (χ0n) is 19.0. The third kappa shape index (κ3) is 6.14. The molecule has 1 atom stereocenters. The monoisotopic (exact) mass is 452 g/mol. The van der Waals surface area contributed by atoms with Crippen LogP contribution in [0.4, 0.5) is 0 Å². The molecule has 0 aliphatic heterocycles. The summed E-state index contributed by atoms with van der Waals surface area (Å²) in [4.78, 5) is 0. The molecule has 0 radical (unpaired) electrons. The minimum atomic E-state index is -1.59. The van der Waals surface area contributed by atoms with Gasteiger partial charge in [0.1, 0.15) is 6.79 Å². The molecule has 0 fully saturated rings. The molecule has 0 amide bonds. The van der Waals surface area contributed by atoms with Crippen LogP contribution >= 0.6 is 11.6 Å². The maximum Gasteiger partial charge on any atom is 0.203 e. The second-order valence-electron chi connectivity index (χ2n) is 8.12. The fourth-order valence-electron chi connectivity index (χ4n) is 3.54. The molecule has 0 saturated heterocycles. The molecule has 0 heterocycles. The Morgan fingerprint density at radius 1 is 0.900 bits per heavy atom. The lowest BCUT2D eigenvalue weighted by Crippen LogP contribution is -2.41. The summed E-state index contributed by atoms with van der Waals surface area (Å²) in [6.07, 6.45) is 1.40. The summed E-state index contributed by atoms with van der Waals surface area (Å²) in [7, 11) is 4.89. The first kappa shape index (κ1) is 24.5. The van der Waals surface area contributed by atoms with Crippen LogP contribution in [0.2, 0.25) is 24.7 Å². The second-order valence-corrected chi connectivity index (χ2v) is 13.6. The Morgan fingerprint density at radius 3 is 2.03 bits per heavy atom. The molecule has 0 bridgehead atoms. The molecule has 166 valence electrons. The number of halogens is 1. The Balaban J connectivity index is 2.37. The summed E-state index contributed by atoms with van der Waals surface area (Å²) >= 11 is 6.36. The van der Waals surface area contributed by atoms with Crippen molar-refractivity contribution in [2.75, 3.05) is 35.2 Å². The summed E-state index contributed by atoms with van der Waals surface area (Å²) in [6.45, 7) is 7.20. The lowest BCUT2D eigenvalue weighted by Gasteiger charge is -2.27. The van der Waals surface area contributed by atoms with Crippen molar-refractivity contribution in [2.45, 2.75) is 38.6 Å². The van der Waals surface area contributed by atoms with Gasteiger partial charge in [-0.15, -0.1) is 0 Å². The summed E-state index contributed by atoms with van der Waals surface area (Å²) in [5.41, 5.74) is 2.22. The molecule has 0 aliphatic rings. The lowest BCUT2D eigenvalue weighted by atomic mass is 10.0. The molecule has 2 aromatic rings. The fraction of sp³-hybridized carbons (Fsp3) is 0.478. The Morgan fingerprint density at radius 2 is 1.53 bits per heavy atom. The van der Waals surface area contributed by atoms with Crippen molar-refractivity contribution in [1.29, 1.82) is 0 Å². The average Bonchev–Trinajstić information content (AvgIpc) is 2.71. The third-order valence-corrected chi connectivity index (χ3v) is 7.28. The van der Waals surface area contributed by atoms with Crippen molar-refractivity contribution in [3.63, 3.8) is 0 Å². The number of hydrogen-bond acceptors (Lipinski definition) is 5. The maximum absolute atomic E-state index is 6.36. The van der Waals surface area contributed by atoms with Gasteiger partial charge in [0.15, 0.2) is 11.5 Å². The van der Waals surface area contributed by atoms with Gasteiger partial charge in [0.25, 0.3) is 0 Å². The third-order valence-electron chi connectivity index (χ3n) is 4.98. The summed E-state index contributed by atoms with van der Waals surface area (Å²) < 4.78 is 27.7. The van der Waals surface area contributed by atoms with E-state index in [0.29, 0.717) is 22.3 Å². The van der Waals surface area contributed by atoms with E-state index in [2.05, 4.69) is 25.7 Å². The summed E-state index contributed by atoms with van der Waals surface area (Å²) in [5, 5.41) is 2.06. The van der Waals surface area contributed by atoms with E-state index >= 15 is 0 Å².